The minimum Gasteiger partial charge on any atom is -0.450 e. The van der Waals surface area contributed by atoms with Gasteiger partial charge in [-0.05, 0) is 18.2 Å². The van der Waals surface area contributed by atoms with Gasteiger partial charge in [0.25, 0.3) is 0 Å². The number of aromatic nitrogens is 2. The quantitative estimate of drug-likeness (QED) is 0.722. The molecule has 3 aromatic rings. The maximum Gasteiger partial charge on any atom is 0.407 e. The summed E-state index contributed by atoms with van der Waals surface area (Å²) in [4.78, 5) is 22.0. The van der Waals surface area contributed by atoms with Crippen molar-refractivity contribution in [3.8, 4) is 0 Å². The van der Waals surface area contributed by atoms with Crippen molar-refractivity contribution >= 4 is 51.5 Å². The number of amides is 1. The van der Waals surface area contributed by atoms with E-state index in [1.165, 1.54) is 7.05 Å². The van der Waals surface area contributed by atoms with Gasteiger partial charge in [-0.1, -0.05) is 11.6 Å². The molecular weight excluding hydrogens is 346 g/mol. The van der Waals surface area contributed by atoms with Crippen molar-refractivity contribution in [2.24, 2.45) is 0 Å². The summed E-state index contributed by atoms with van der Waals surface area (Å²) >= 11 is 6.08. The molecule has 1 saturated heterocycles. The van der Waals surface area contributed by atoms with E-state index in [4.69, 9.17) is 26.5 Å². The first-order valence-corrected chi connectivity index (χ1v) is 8.21. The number of carbonyl (C=O) groups excluding carboxylic acids is 1. The van der Waals surface area contributed by atoms with Crippen LogP contribution in [0.2, 0.25) is 5.02 Å². The number of nitrogens with one attached hydrogen (secondary N) is 1. The highest BCUT2D eigenvalue weighted by atomic mass is 35.5. The van der Waals surface area contributed by atoms with E-state index in [1.54, 1.807) is 18.2 Å². The summed E-state index contributed by atoms with van der Waals surface area (Å²) in [6, 6.07) is 5.34. The molecule has 0 saturated carbocycles. The summed E-state index contributed by atoms with van der Waals surface area (Å²) in [6.45, 7) is 1.18. The molecule has 0 unspecified atom stereocenters. The molecule has 0 spiro atoms. The zero-order valence-corrected chi connectivity index (χ0v) is 14.2. The van der Waals surface area contributed by atoms with Crippen molar-refractivity contribution < 1.29 is 13.9 Å². The number of benzene rings is 1. The Bertz CT molecular complexity index is 973. The Hall–Kier alpha value is -2.74. The van der Waals surface area contributed by atoms with Crippen LogP contribution in [0, 0.1) is 0 Å². The van der Waals surface area contributed by atoms with E-state index >= 15 is 0 Å². The maximum absolute atomic E-state index is 11.4. The van der Waals surface area contributed by atoms with Crippen LogP contribution < -0.4 is 16.0 Å². The van der Waals surface area contributed by atoms with E-state index in [0.29, 0.717) is 47.0 Å². The standard InChI is InChI=1S/C16H16ClN5O3/c1-19-16(23)24-9-4-5-22(7-9)14-13-12(20-15(18)21-14)10-6-8(17)2-3-11(10)25-13/h2-3,6,9H,4-5,7H2,1H3,(H,19,23)(H2,18,20,21)/t9-/m0/s1. The lowest BCUT2D eigenvalue weighted by atomic mass is 10.2. The van der Waals surface area contributed by atoms with Gasteiger partial charge in [-0.2, -0.15) is 4.98 Å². The SMILES string of the molecule is CNC(=O)O[C@H]1CCN(c2nc(N)nc3c2oc2ccc(Cl)cc23)C1. The second-order valence-electron chi connectivity index (χ2n) is 5.84. The minimum atomic E-state index is -0.447. The van der Waals surface area contributed by atoms with Crippen LogP contribution in [0.5, 0.6) is 0 Å². The van der Waals surface area contributed by atoms with Gasteiger partial charge in [-0.15, -0.1) is 0 Å². The first-order valence-electron chi connectivity index (χ1n) is 7.83. The average Bonchev–Trinajstić information content (AvgIpc) is 3.19. The zero-order chi connectivity index (χ0) is 17.6. The highest BCUT2D eigenvalue weighted by Gasteiger charge is 2.29. The molecule has 0 bridgehead atoms. The number of hydrogen-bond acceptors (Lipinski definition) is 7. The summed E-state index contributed by atoms with van der Waals surface area (Å²) in [5.41, 5.74) is 7.73. The molecule has 1 amide bonds. The highest BCUT2D eigenvalue weighted by Crippen LogP contribution is 2.35. The lowest BCUT2D eigenvalue weighted by Gasteiger charge is -2.17. The van der Waals surface area contributed by atoms with Crippen molar-refractivity contribution in [1.82, 2.24) is 15.3 Å². The van der Waals surface area contributed by atoms with Crippen molar-refractivity contribution in [3.63, 3.8) is 0 Å². The molecule has 1 atom stereocenters. The zero-order valence-electron chi connectivity index (χ0n) is 13.5. The van der Waals surface area contributed by atoms with Crippen LogP contribution >= 0.6 is 11.6 Å². The molecular formula is C16H16ClN5O3. The van der Waals surface area contributed by atoms with E-state index < -0.39 is 6.09 Å². The number of halogens is 1. The van der Waals surface area contributed by atoms with Crippen molar-refractivity contribution in [3.05, 3.63) is 23.2 Å². The molecule has 25 heavy (non-hydrogen) atoms. The van der Waals surface area contributed by atoms with E-state index in [1.807, 2.05) is 4.90 Å². The number of alkyl carbamates (subject to hydrolysis) is 1. The number of furan rings is 1. The van der Waals surface area contributed by atoms with Gasteiger partial charge < -0.3 is 25.1 Å². The molecule has 0 aliphatic carbocycles. The molecule has 130 valence electrons. The van der Waals surface area contributed by atoms with Crippen molar-refractivity contribution in [1.29, 1.82) is 0 Å². The first-order chi connectivity index (χ1) is 12.0. The number of rotatable bonds is 2. The highest BCUT2D eigenvalue weighted by molar-refractivity contribution is 6.31. The summed E-state index contributed by atoms with van der Waals surface area (Å²) < 4.78 is 11.3. The fourth-order valence-corrected chi connectivity index (χ4v) is 3.23. The number of hydrogen-bond donors (Lipinski definition) is 2. The van der Waals surface area contributed by atoms with Crippen LogP contribution in [0.4, 0.5) is 16.6 Å². The van der Waals surface area contributed by atoms with E-state index in [2.05, 4.69) is 15.3 Å². The molecule has 1 aliphatic rings. The average molecular weight is 362 g/mol. The summed E-state index contributed by atoms with van der Waals surface area (Å²) in [5.74, 6) is 0.749. The van der Waals surface area contributed by atoms with Crippen LogP contribution in [0.15, 0.2) is 22.6 Å². The molecule has 1 fully saturated rings. The van der Waals surface area contributed by atoms with E-state index in [-0.39, 0.29) is 12.1 Å². The number of nitrogen functional groups attached to an aromatic ring is 1. The Labute approximate surface area is 147 Å². The number of anilines is 2. The maximum atomic E-state index is 11.4. The minimum absolute atomic E-state index is 0.154. The van der Waals surface area contributed by atoms with Gasteiger partial charge in [0, 0.05) is 30.4 Å². The van der Waals surface area contributed by atoms with Gasteiger partial charge in [0.1, 0.15) is 17.2 Å². The summed E-state index contributed by atoms with van der Waals surface area (Å²) in [5, 5.41) is 3.83. The van der Waals surface area contributed by atoms with E-state index in [9.17, 15) is 4.79 Å². The monoisotopic (exact) mass is 361 g/mol. The molecule has 0 radical (unpaired) electrons. The van der Waals surface area contributed by atoms with Gasteiger partial charge >= 0.3 is 6.09 Å². The number of carbonyl (C=O) groups is 1. The molecule has 4 rings (SSSR count). The molecule has 1 aromatic carbocycles. The van der Waals surface area contributed by atoms with Gasteiger partial charge in [0.05, 0.1) is 6.54 Å². The number of ether oxygens (including phenoxy) is 1. The van der Waals surface area contributed by atoms with Gasteiger partial charge in [0.2, 0.25) is 5.95 Å². The predicted molar refractivity (Wildman–Crippen MR) is 94.9 cm³/mol. The second-order valence-corrected chi connectivity index (χ2v) is 6.27. The molecule has 3 N–H and O–H groups in total. The van der Waals surface area contributed by atoms with Crippen LogP contribution in [-0.2, 0) is 4.74 Å². The third-order valence-electron chi connectivity index (χ3n) is 4.20. The lowest BCUT2D eigenvalue weighted by molar-refractivity contribution is 0.110. The fourth-order valence-electron chi connectivity index (χ4n) is 3.06. The van der Waals surface area contributed by atoms with Gasteiger partial charge in [-0.3, -0.25) is 0 Å². The van der Waals surface area contributed by atoms with Gasteiger partial charge in [-0.25, -0.2) is 9.78 Å². The third kappa shape index (κ3) is 2.78. The van der Waals surface area contributed by atoms with Crippen LogP contribution in [-0.4, -0.2) is 42.3 Å². The van der Waals surface area contributed by atoms with Crippen molar-refractivity contribution in [2.75, 3.05) is 30.8 Å². The van der Waals surface area contributed by atoms with Crippen molar-refractivity contribution in [2.45, 2.75) is 12.5 Å². The third-order valence-corrected chi connectivity index (χ3v) is 4.43. The molecule has 3 heterocycles. The Morgan fingerprint density at radius 3 is 3.12 bits per heavy atom. The topological polar surface area (TPSA) is 107 Å². The largest absolute Gasteiger partial charge is 0.450 e. The Morgan fingerprint density at radius 1 is 1.48 bits per heavy atom. The summed E-state index contributed by atoms with van der Waals surface area (Å²) in [7, 11) is 1.53. The normalized spacial score (nSPS) is 17.4. The number of nitrogens with zero attached hydrogens (tertiary/aromatic N) is 3. The van der Waals surface area contributed by atoms with Crippen LogP contribution in [0.3, 0.4) is 0 Å². The smallest absolute Gasteiger partial charge is 0.407 e. The Kier molecular flexibility index (Phi) is 3.76. The second kappa shape index (κ2) is 5.96. The molecule has 1 aliphatic heterocycles. The van der Waals surface area contributed by atoms with Crippen LogP contribution in [0.25, 0.3) is 22.1 Å². The Morgan fingerprint density at radius 2 is 2.32 bits per heavy atom. The summed E-state index contributed by atoms with van der Waals surface area (Å²) in [6.07, 6.45) is 0.0350. The Balaban J connectivity index is 1.75. The molecule has 9 heteroatoms. The fraction of sp³-hybridized carbons (Fsp3) is 0.312. The van der Waals surface area contributed by atoms with Crippen LogP contribution in [0.1, 0.15) is 6.42 Å². The molecule has 2 aromatic heterocycles. The number of nitrogens with two attached hydrogens (primary N) is 1. The molecule has 8 nitrogen and oxygen atoms in total. The number of fused-ring (bicyclic) bond motifs is 3. The van der Waals surface area contributed by atoms with Gasteiger partial charge in [0.15, 0.2) is 11.4 Å². The van der Waals surface area contributed by atoms with E-state index in [0.717, 1.165) is 5.39 Å². The first kappa shape index (κ1) is 15.8. The predicted octanol–water partition coefficient (Wildman–Crippen LogP) is 2.55. The lowest BCUT2D eigenvalue weighted by Crippen LogP contribution is -2.29.